The zero-order chi connectivity index (χ0) is 26.2. The van der Waals surface area contributed by atoms with Crippen LogP contribution in [0.5, 0.6) is 0 Å². The molecule has 0 saturated carbocycles. The highest BCUT2D eigenvalue weighted by atomic mass is 14.5. The van der Waals surface area contributed by atoms with E-state index in [1.54, 1.807) is 0 Å². The summed E-state index contributed by atoms with van der Waals surface area (Å²) in [5.41, 5.74) is 16.9. The molecule has 1 spiro atoms. The summed E-state index contributed by atoms with van der Waals surface area (Å²) in [5.74, 6) is 2.01. The molecule has 0 N–H and O–H groups in total. The molecule has 0 nitrogen and oxygen atoms in total. The molecule has 37 heavy (non-hydrogen) atoms. The van der Waals surface area contributed by atoms with Gasteiger partial charge in [-0.3, -0.25) is 0 Å². The van der Waals surface area contributed by atoms with Gasteiger partial charge in [-0.25, -0.2) is 0 Å². The summed E-state index contributed by atoms with van der Waals surface area (Å²) in [4.78, 5) is 0. The number of hydrogen-bond donors (Lipinski definition) is 0. The third kappa shape index (κ3) is 3.34. The standard InChI is InChI=1S/C37H40/c1-21(2)25-9-13-33-29(17-25)30-18-26(22(3)4)10-14-34(30)37(33)35-15-11-27(23(5)6)19-31(35)32-20-28(24(7)8)12-16-36(32)37/h9-24H,1-8H3. The molecule has 0 heteroatoms. The highest BCUT2D eigenvalue weighted by Gasteiger charge is 2.52. The topological polar surface area (TPSA) is 0 Å². The molecule has 0 fully saturated rings. The van der Waals surface area contributed by atoms with Crippen molar-refractivity contribution in [2.45, 2.75) is 84.5 Å². The van der Waals surface area contributed by atoms with Crippen LogP contribution in [-0.2, 0) is 5.41 Å². The van der Waals surface area contributed by atoms with Crippen molar-refractivity contribution >= 4 is 0 Å². The van der Waals surface area contributed by atoms with Crippen LogP contribution in [0.3, 0.4) is 0 Å². The van der Waals surface area contributed by atoms with Crippen molar-refractivity contribution in [2.75, 3.05) is 0 Å². The smallest absolute Gasteiger partial charge is 0.0587 e. The lowest BCUT2D eigenvalue weighted by Gasteiger charge is -2.31. The van der Waals surface area contributed by atoms with Crippen molar-refractivity contribution in [2.24, 2.45) is 0 Å². The van der Waals surface area contributed by atoms with Gasteiger partial charge in [0.1, 0.15) is 0 Å². The molecule has 0 bridgehead atoms. The van der Waals surface area contributed by atoms with Gasteiger partial charge in [0.05, 0.1) is 5.41 Å². The number of rotatable bonds is 4. The second kappa shape index (κ2) is 8.45. The minimum Gasteiger partial charge on any atom is -0.0587 e. The van der Waals surface area contributed by atoms with E-state index in [0.29, 0.717) is 23.7 Å². The van der Waals surface area contributed by atoms with Gasteiger partial charge in [0.15, 0.2) is 0 Å². The molecule has 2 aliphatic carbocycles. The Labute approximate surface area is 223 Å². The minimum atomic E-state index is -0.259. The average Bonchev–Trinajstić information content (AvgIpc) is 3.33. The highest BCUT2D eigenvalue weighted by molar-refractivity contribution is 5.95. The highest BCUT2D eigenvalue weighted by Crippen LogP contribution is 2.63. The lowest BCUT2D eigenvalue weighted by molar-refractivity contribution is 0.783. The van der Waals surface area contributed by atoms with E-state index in [0.717, 1.165) is 0 Å². The second-order valence-electron chi connectivity index (χ2n) is 12.6. The maximum absolute atomic E-state index is 2.49. The SMILES string of the molecule is CC(C)c1ccc2c(c1)-c1cc(C(C)C)ccc1C21c2ccc(C(C)C)cc2-c2cc(C(C)C)ccc21. The lowest BCUT2D eigenvalue weighted by Crippen LogP contribution is -2.26. The Morgan fingerprint density at radius 2 is 0.568 bits per heavy atom. The van der Waals surface area contributed by atoms with E-state index in [4.69, 9.17) is 0 Å². The van der Waals surface area contributed by atoms with E-state index in [9.17, 15) is 0 Å². The van der Waals surface area contributed by atoms with Gasteiger partial charge in [0, 0.05) is 0 Å². The lowest BCUT2D eigenvalue weighted by atomic mass is 9.70. The van der Waals surface area contributed by atoms with Crippen molar-refractivity contribution in [1.82, 2.24) is 0 Å². The average molecular weight is 485 g/mol. The summed E-state index contributed by atoms with van der Waals surface area (Å²) in [6.07, 6.45) is 0. The zero-order valence-corrected chi connectivity index (χ0v) is 23.7. The summed E-state index contributed by atoms with van der Waals surface area (Å²) in [5, 5.41) is 0. The quantitative estimate of drug-likeness (QED) is 0.233. The molecule has 0 heterocycles. The Bertz CT molecular complexity index is 1290. The van der Waals surface area contributed by atoms with Crippen LogP contribution in [0.1, 0.15) is 124 Å². The van der Waals surface area contributed by atoms with Gasteiger partial charge in [-0.15, -0.1) is 0 Å². The molecular weight excluding hydrogens is 444 g/mol. The van der Waals surface area contributed by atoms with Gasteiger partial charge in [0.25, 0.3) is 0 Å². The van der Waals surface area contributed by atoms with Gasteiger partial charge >= 0.3 is 0 Å². The summed E-state index contributed by atoms with van der Waals surface area (Å²) >= 11 is 0. The van der Waals surface area contributed by atoms with Crippen molar-refractivity contribution in [3.05, 3.63) is 117 Å². The number of benzene rings is 4. The Morgan fingerprint density at radius 1 is 0.351 bits per heavy atom. The van der Waals surface area contributed by atoms with Crippen LogP contribution in [0.4, 0.5) is 0 Å². The monoisotopic (exact) mass is 484 g/mol. The third-order valence-corrected chi connectivity index (χ3v) is 9.04. The molecule has 4 aromatic carbocycles. The van der Waals surface area contributed by atoms with E-state index in [1.165, 1.54) is 66.8 Å². The first-order valence-corrected chi connectivity index (χ1v) is 14.2. The second-order valence-corrected chi connectivity index (χ2v) is 12.6. The van der Waals surface area contributed by atoms with E-state index < -0.39 is 0 Å². The third-order valence-electron chi connectivity index (χ3n) is 9.04. The van der Waals surface area contributed by atoms with Crippen LogP contribution in [0.2, 0.25) is 0 Å². The first-order valence-electron chi connectivity index (χ1n) is 14.2. The summed E-state index contributed by atoms with van der Waals surface area (Å²) in [7, 11) is 0. The van der Waals surface area contributed by atoms with Crippen LogP contribution in [0.25, 0.3) is 22.3 Å². The largest absolute Gasteiger partial charge is 0.0725 e. The zero-order valence-electron chi connectivity index (χ0n) is 23.7. The fourth-order valence-electron chi connectivity index (χ4n) is 6.75. The molecule has 0 aliphatic heterocycles. The first kappa shape index (κ1) is 24.2. The predicted molar refractivity (Wildman–Crippen MR) is 159 cm³/mol. The molecule has 188 valence electrons. The van der Waals surface area contributed by atoms with Crippen molar-refractivity contribution in [3.8, 4) is 22.3 Å². The van der Waals surface area contributed by atoms with Crippen LogP contribution in [0, 0.1) is 0 Å². The molecule has 6 rings (SSSR count). The van der Waals surface area contributed by atoms with Crippen LogP contribution < -0.4 is 0 Å². The van der Waals surface area contributed by atoms with Crippen molar-refractivity contribution < 1.29 is 0 Å². The van der Waals surface area contributed by atoms with E-state index in [2.05, 4.69) is 128 Å². The van der Waals surface area contributed by atoms with Crippen LogP contribution >= 0.6 is 0 Å². The molecule has 0 saturated heterocycles. The maximum Gasteiger partial charge on any atom is 0.0725 e. The molecule has 0 atom stereocenters. The molecule has 2 aliphatic rings. The summed E-state index contributed by atoms with van der Waals surface area (Å²) < 4.78 is 0. The van der Waals surface area contributed by atoms with Crippen molar-refractivity contribution in [3.63, 3.8) is 0 Å². The Morgan fingerprint density at radius 3 is 0.757 bits per heavy atom. The van der Waals surface area contributed by atoms with Crippen LogP contribution in [0.15, 0.2) is 72.8 Å². The first-order chi connectivity index (χ1) is 17.6. The maximum atomic E-state index is 2.49. The number of hydrogen-bond acceptors (Lipinski definition) is 0. The van der Waals surface area contributed by atoms with E-state index >= 15 is 0 Å². The Kier molecular flexibility index (Phi) is 5.53. The number of fused-ring (bicyclic) bond motifs is 10. The van der Waals surface area contributed by atoms with E-state index in [-0.39, 0.29) is 5.41 Å². The Hall–Kier alpha value is -3.12. The molecule has 0 amide bonds. The molecule has 0 radical (unpaired) electrons. The minimum absolute atomic E-state index is 0.259. The molecule has 4 aromatic rings. The molecule has 0 aromatic heterocycles. The van der Waals surface area contributed by atoms with Gasteiger partial charge in [0.2, 0.25) is 0 Å². The van der Waals surface area contributed by atoms with Gasteiger partial charge in [-0.05, 0) is 90.4 Å². The van der Waals surface area contributed by atoms with Crippen molar-refractivity contribution in [1.29, 1.82) is 0 Å². The van der Waals surface area contributed by atoms with E-state index in [1.807, 2.05) is 0 Å². The van der Waals surface area contributed by atoms with Crippen LogP contribution in [-0.4, -0.2) is 0 Å². The molecule has 0 unspecified atom stereocenters. The van der Waals surface area contributed by atoms with Gasteiger partial charge in [-0.1, -0.05) is 128 Å². The summed E-state index contributed by atoms with van der Waals surface area (Å²) in [6.45, 7) is 18.4. The summed E-state index contributed by atoms with van der Waals surface area (Å²) in [6, 6.07) is 29.3. The Balaban J connectivity index is 1.76. The molecular formula is C37H40. The predicted octanol–water partition coefficient (Wildman–Crippen LogP) is 10.5. The normalized spacial score (nSPS) is 14.6. The van der Waals surface area contributed by atoms with Gasteiger partial charge < -0.3 is 0 Å². The fraction of sp³-hybridized carbons (Fsp3) is 0.351. The van der Waals surface area contributed by atoms with Gasteiger partial charge in [-0.2, -0.15) is 0 Å². The fourth-order valence-corrected chi connectivity index (χ4v) is 6.75.